The highest BCUT2D eigenvalue weighted by molar-refractivity contribution is 7.80. The summed E-state index contributed by atoms with van der Waals surface area (Å²) in [5.41, 5.74) is 7.15. The molecule has 0 aliphatic carbocycles. The first-order valence-electron chi connectivity index (χ1n) is 15.8. The average molecular weight is 601 g/mol. The smallest absolute Gasteiger partial charge is 0.0974 e. The second kappa shape index (κ2) is 12.8. The van der Waals surface area contributed by atoms with Gasteiger partial charge in [-0.2, -0.15) is 5.10 Å². The van der Waals surface area contributed by atoms with Crippen LogP contribution in [0.3, 0.4) is 0 Å². The van der Waals surface area contributed by atoms with E-state index in [1.54, 1.807) is 0 Å². The molecule has 0 amide bonds. The Morgan fingerprint density at radius 3 is 1.82 bits per heavy atom. The molecule has 0 N–H and O–H groups in total. The summed E-state index contributed by atoms with van der Waals surface area (Å²) in [6, 6.07) is 50.5. The Hall–Kier alpha value is -4.65. The Morgan fingerprint density at radius 1 is 0.556 bits per heavy atom. The molecule has 0 aliphatic rings. The molecule has 0 saturated carbocycles. The second-order valence-corrected chi connectivity index (χ2v) is 14.1. The van der Waals surface area contributed by atoms with E-state index in [9.17, 15) is 0 Å². The molecule has 7 aromatic rings. The first kappa shape index (κ1) is 29.1. The highest BCUT2D eigenvalue weighted by Crippen LogP contribution is 2.41. The minimum atomic E-state index is -0.817. The summed E-state index contributed by atoms with van der Waals surface area (Å²) in [5, 5.41) is 19.1. The van der Waals surface area contributed by atoms with Gasteiger partial charge >= 0.3 is 0 Å². The van der Waals surface area contributed by atoms with Crippen molar-refractivity contribution in [3.8, 4) is 11.3 Å². The van der Waals surface area contributed by atoms with Crippen LogP contribution in [0.15, 0.2) is 140 Å². The molecule has 0 unspecified atom stereocenters. The Kier molecular flexibility index (Phi) is 8.25. The lowest BCUT2D eigenvalue weighted by Gasteiger charge is -2.24. The van der Waals surface area contributed by atoms with E-state index < -0.39 is 7.92 Å². The first-order valence-corrected chi connectivity index (χ1v) is 17.2. The number of fused-ring (bicyclic) bond motifs is 2. The minimum absolute atomic E-state index is 0.419. The van der Waals surface area contributed by atoms with Crippen LogP contribution in [0.2, 0.25) is 0 Å². The average Bonchev–Trinajstić information content (AvgIpc) is 3.10. The molecular formula is C42H37N2P. The highest BCUT2D eigenvalue weighted by atomic mass is 31.1. The minimum Gasteiger partial charge on any atom is -0.155 e. The molecule has 6 aromatic carbocycles. The zero-order valence-electron chi connectivity index (χ0n) is 26.1. The summed E-state index contributed by atoms with van der Waals surface area (Å²) in [6.07, 6.45) is 1.92. The summed E-state index contributed by atoms with van der Waals surface area (Å²) in [5.74, 6) is 0.419. The van der Waals surface area contributed by atoms with Crippen molar-refractivity contribution in [2.45, 2.75) is 39.5 Å². The van der Waals surface area contributed by atoms with Gasteiger partial charge in [0.15, 0.2) is 0 Å². The van der Waals surface area contributed by atoms with Crippen LogP contribution < -0.4 is 15.9 Å². The summed E-state index contributed by atoms with van der Waals surface area (Å²) in [7, 11) is -0.817. The molecule has 45 heavy (non-hydrogen) atoms. The van der Waals surface area contributed by atoms with Crippen molar-refractivity contribution < 1.29 is 0 Å². The van der Waals surface area contributed by atoms with Crippen LogP contribution in [0, 0.1) is 13.8 Å². The normalized spacial score (nSPS) is 12.2. The third-order valence-corrected chi connectivity index (χ3v) is 11.7. The zero-order valence-corrected chi connectivity index (χ0v) is 27.0. The van der Waals surface area contributed by atoms with Gasteiger partial charge in [-0.25, -0.2) is 0 Å². The third-order valence-electron chi connectivity index (χ3n) is 9.20. The highest BCUT2D eigenvalue weighted by Gasteiger charge is 2.25. The van der Waals surface area contributed by atoms with Gasteiger partial charge in [0.2, 0.25) is 0 Å². The zero-order chi connectivity index (χ0) is 30.8. The molecule has 0 radical (unpaired) electrons. The van der Waals surface area contributed by atoms with Crippen LogP contribution in [0.25, 0.3) is 32.8 Å². The second-order valence-electron chi connectivity index (χ2n) is 11.9. The number of hydrogen-bond acceptors (Lipinski definition) is 2. The monoisotopic (exact) mass is 600 g/mol. The third kappa shape index (κ3) is 5.68. The quantitative estimate of drug-likeness (QED) is 0.162. The molecule has 220 valence electrons. The lowest BCUT2D eigenvalue weighted by molar-refractivity contribution is 0.665. The van der Waals surface area contributed by atoms with Crippen molar-refractivity contribution in [3.63, 3.8) is 0 Å². The van der Waals surface area contributed by atoms with E-state index in [1.165, 1.54) is 59.7 Å². The fraction of sp³-hybridized carbons (Fsp3) is 0.143. The Bertz CT molecular complexity index is 2060. The van der Waals surface area contributed by atoms with Crippen molar-refractivity contribution in [2.75, 3.05) is 0 Å². The van der Waals surface area contributed by atoms with Crippen LogP contribution in [-0.4, -0.2) is 10.2 Å². The summed E-state index contributed by atoms with van der Waals surface area (Å²) in [6.45, 7) is 6.80. The van der Waals surface area contributed by atoms with Crippen LogP contribution >= 0.6 is 7.92 Å². The molecule has 0 bridgehead atoms. The maximum atomic E-state index is 5.05. The van der Waals surface area contributed by atoms with Gasteiger partial charge in [0.1, 0.15) is 0 Å². The van der Waals surface area contributed by atoms with Crippen LogP contribution in [-0.2, 0) is 6.42 Å². The van der Waals surface area contributed by atoms with Gasteiger partial charge in [0.25, 0.3) is 0 Å². The fourth-order valence-corrected chi connectivity index (χ4v) is 9.06. The van der Waals surface area contributed by atoms with Gasteiger partial charge in [-0.1, -0.05) is 146 Å². The Morgan fingerprint density at radius 2 is 1.13 bits per heavy atom. The van der Waals surface area contributed by atoms with E-state index in [2.05, 4.69) is 160 Å². The topological polar surface area (TPSA) is 25.8 Å². The number of aryl methyl sites for hydroxylation is 1. The predicted octanol–water partition coefficient (Wildman–Crippen LogP) is 9.56. The van der Waals surface area contributed by atoms with Crippen molar-refractivity contribution in [1.82, 2.24) is 10.2 Å². The molecule has 0 aliphatic heterocycles. The van der Waals surface area contributed by atoms with E-state index in [0.29, 0.717) is 5.92 Å². The first-order chi connectivity index (χ1) is 22.1. The molecule has 1 heterocycles. The van der Waals surface area contributed by atoms with Gasteiger partial charge in [-0.15, -0.1) is 5.10 Å². The summed E-state index contributed by atoms with van der Waals surface area (Å²) >= 11 is 0. The number of benzene rings is 6. The summed E-state index contributed by atoms with van der Waals surface area (Å²) in [4.78, 5) is 0. The number of nitrogens with zero attached hydrogens (tertiary/aromatic N) is 2. The lowest BCUT2D eigenvalue weighted by Crippen LogP contribution is -2.23. The van der Waals surface area contributed by atoms with Crippen molar-refractivity contribution in [2.24, 2.45) is 0 Å². The van der Waals surface area contributed by atoms with Crippen LogP contribution in [0.1, 0.15) is 41.6 Å². The summed E-state index contributed by atoms with van der Waals surface area (Å²) < 4.78 is 0. The van der Waals surface area contributed by atoms with Gasteiger partial charge in [-0.05, 0) is 94.7 Å². The maximum absolute atomic E-state index is 5.05. The van der Waals surface area contributed by atoms with E-state index >= 15 is 0 Å². The van der Waals surface area contributed by atoms with Crippen LogP contribution in [0.5, 0.6) is 0 Å². The Labute approximate surface area is 267 Å². The molecule has 0 saturated heterocycles. The molecule has 0 spiro atoms. The van der Waals surface area contributed by atoms with Gasteiger partial charge in [0.05, 0.1) is 11.4 Å². The van der Waals surface area contributed by atoms with Gasteiger partial charge in [0, 0.05) is 5.56 Å². The number of rotatable bonds is 8. The van der Waals surface area contributed by atoms with Crippen molar-refractivity contribution in [3.05, 3.63) is 162 Å². The standard InChI is InChI=1S/C42H37N2P/c1-29(36-24-14-17-32-15-10-12-22-37(32)36)25-27-39-30(2)31(3)42(44-43-39)41-38-23-13-11-16-33(38)26-28-40(41)45(34-18-6-4-7-19-34)35-20-8-5-9-21-35/h4-24,26,28-29H,25,27H2,1-3H3/t29-/m1/s1. The molecule has 7 rings (SSSR count). The molecular weight excluding hydrogens is 563 g/mol. The molecule has 0 fully saturated rings. The molecule has 1 atom stereocenters. The van der Waals surface area contributed by atoms with Gasteiger partial charge < -0.3 is 0 Å². The lowest BCUT2D eigenvalue weighted by atomic mass is 9.90. The SMILES string of the molecule is Cc1c(CC[C@@H](C)c2cccc3ccccc23)nnc(-c2c(P(c3ccccc3)c3ccccc3)ccc3ccccc23)c1C. The number of hydrogen-bond donors (Lipinski definition) is 0. The van der Waals surface area contributed by atoms with Crippen molar-refractivity contribution >= 4 is 45.4 Å². The van der Waals surface area contributed by atoms with E-state index in [0.717, 1.165) is 24.2 Å². The van der Waals surface area contributed by atoms with E-state index in [-0.39, 0.29) is 0 Å². The Balaban J connectivity index is 1.31. The van der Waals surface area contributed by atoms with E-state index in [4.69, 9.17) is 10.2 Å². The van der Waals surface area contributed by atoms with E-state index in [1.807, 2.05) is 0 Å². The molecule has 2 nitrogen and oxygen atoms in total. The predicted molar refractivity (Wildman–Crippen MR) is 194 cm³/mol. The number of aromatic nitrogens is 2. The van der Waals surface area contributed by atoms with Crippen molar-refractivity contribution in [1.29, 1.82) is 0 Å². The molecule has 1 aromatic heterocycles. The van der Waals surface area contributed by atoms with Gasteiger partial charge in [-0.3, -0.25) is 0 Å². The largest absolute Gasteiger partial charge is 0.155 e. The fourth-order valence-electron chi connectivity index (χ4n) is 6.59. The maximum Gasteiger partial charge on any atom is 0.0974 e. The van der Waals surface area contributed by atoms with Crippen LogP contribution in [0.4, 0.5) is 0 Å². The molecule has 3 heteroatoms.